The van der Waals surface area contributed by atoms with E-state index in [1.54, 1.807) is 79.4 Å². The maximum absolute atomic E-state index is 15.9. The van der Waals surface area contributed by atoms with Crippen molar-refractivity contribution in [3.63, 3.8) is 0 Å². The molecule has 0 aromatic heterocycles. The Labute approximate surface area is 626 Å². The Bertz CT molecular complexity index is 3350. The van der Waals surface area contributed by atoms with Gasteiger partial charge in [-0.3, -0.25) is 62.4 Å². The van der Waals surface area contributed by atoms with E-state index in [2.05, 4.69) is 21.3 Å². The van der Waals surface area contributed by atoms with Crippen LogP contribution >= 0.6 is 0 Å². The van der Waals surface area contributed by atoms with Crippen LogP contribution in [0.15, 0.2) is 60.7 Å². The number of alkyl halides is 2. The van der Waals surface area contributed by atoms with Gasteiger partial charge in [0.2, 0.25) is 70.9 Å². The number of hydrogen-bond donors (Lipinski definition) is 5. The Morgan fingerprint density at radius 3 is 1.37 bits per heavy atom. The van der Waals surface area contributed by atoms with Crippen molar-refractivity contribution in [2.24, 2.45) is 29.6 Å². The van der Waals surface area contributed by atoms with Crippen LogP contribution in [0.3, 0.4) is 0 Å². The van der Waals surface area contributed by atoms with Crippen molar-refractivity contribution < 1.29 is 71.4 Å². The monoisotopic (exact) mass is 1490 g/mol. The van der Waals surface area contributed by atoms with Crippen molar-refractivity contribution in [1.29, 1.82) is 0 Å². The van der Waals surface area contributed by atoms with Crippen molar-refractivity contribution in [3.05, 3.63) is 71.8 Å². The van der Waals surface area contributed by atoms with E-state index in [9.17, 15) is 33.1 Å². The minimum Gasteiger partial charge on any atom is -0.391 e. The van der Waals surface area contributed by atoms with Crippen LogP contribution in [0.1, 0.15) is 158 Å². The average molecular weight is 1490 g/mol. The molecule has 0 bridgehead atoms. The minimum absolute atomic E-state index is 0.00517. The molecule has 4 aliphatic rings. The Balaban J connectivity index is 1.52. The van der Waals surface area contributed by atoms with Crippen LogP contribution in [0.2, 0.25) is 0 Å². The number of hydrogen-bond acceptors (Lipinski definition) is 14. The summed E-state index contributed by atoms with van der Waals surface area (Å²) in [7, 11) is 8.49. The number of piperidine rings is 2. The predicted octanol–water partition coefficient (Wildman–Crippen LogP) is 4.34. The highest BCUT2D eigenvalue weighted by Gasteiger charge is 2.50. The molecule has 28 heteroatoms. The van der Waals surface area contributed by atoms with E-state index in [1.165, 1.54) is 83.5 Å². The first-order chi connectivity index (χ1) is 49.7. The zero-order chi connectivity index (χ0) is 78.9. The first-order valence-corrected chi connectivity index (χ1v) is 38.0. The fourth-order valence-corrected chi connectivity index (χ4v) is 14.8. The molecule has 2 aromatic carbocycles. The number of fused-ring (bicyclic) bond motifs is 1. The lowest BCUT2D eigenvalue weighted by atomic mass is 9.95. The predicted molar refractivity (Wildman–Crippen MR) is 397 cm³/mol. The van der Waals surface area contributed by atoms with Gasteiger partial charge in [-0.05, 0) is 99.0 Å². The summed E-state index contributed by atoms with van der Waals surface area (Å²) in [6.07, 6.45) is -1.24. The van der Waals surface area contributed by atoms with Crippen molar-refractivity contribution >= 4 is 70.9 Å². The zero-order valence-electron chi connectivity index (χ0n) is 65.7. The number of halogens is 2. The molecule has 0 radical (unpaired) electrons. The first kappa shape index (κ1) is 86.8. The van der Waals surface area contributed by atoms with Crippen LogP contribution in [0.4, 0.5) is 8.78 Å². The zero-order valence-corrected chi connectivity index (χ0v) is 65.7. The molecule has 12 amide bonds. The molecule has 0 unspecified atom stereocenters. The molecule has 4 heterocycles. The summed E-state index contributed by atoms with van der Waals surface area (Å²) in [5.74, 6) is -13.4. The number of carbonyl (C=O) groups is 12. The molecule has 12 atom stereocenters. The molecule has 0 aliphatic carbocycles. The van der Waals surface area contributed by atoms with Crippen LogP contribution in [-0.4, -0.2) is 280 Å². The number of nitrogens with one attached hydrogen (secondary N) is 4. The highest BCUT2D eigenvalue weighted by Crippen LogP contribution is 2.34. The summed E-state index contributed by atoms with van der Waals surface area (Å²) < 4.78 is 29.7. The fraction of sp³-hybridized carbons (Fsp3) is 0.692. The lowest BCUT2D eigenvalue weighted by Crippen LogP contribution is -2.63. The minimum atomic E-state index is -2.96. The number of likely N-dealkylation sites (tertiary alicyclic amines) is 2. The first-order valence-electron chi connectivity index (χ1n) is 38.0. The number of amides is 12. The van der Waals surface area contributed by atoms with Crippen molar-refractivity contribution in [2.45, 2.75) is 238 Å². The van der Waals surface area contributed by atoms with E-state index in [4.69, 9.17) is 0 Å². The lowest BCUT2D eigenvalue weighted by molar-refractivity contribution is -0.155. The van der Waals surface area contributed by atoms with Crippen LogP contribution in [-0.2, 0) is 70.4 Å². The van der Waals surface area contributed by atoms with E-state index in [1.807, 2.05) is 55.4 Å². The summed E-state index contributed by atoms with van der Waals surface area (Å²) in [5, 5.41) is 22.7. The number of benzene rings is 2. The van der Waals surface area contributed by atoms with Crippen LogP contribution in [0.25, 0.3) is 0 Å². The number of nitrogens with zero attached hydrogens (tertiary/aromatic N) is 9. The summed E-state index contributed by atoms with van der Waals surface area (Å²) in [5.41, 5.74) is 1.19. The van der Waals surface area contributed by atoms with Crippen LogP contribution < -0.4 is 21.3 Å². The standard InChI is InChI=1S/C78H121F2N13O13/c1-47(2)37-59-72(101)87(14)61(39-49(5)6)74(103)88(15)60(38-48(3)4)73(102)86(13)57(41-53-27-21-18-22-28-53)68(97)84-67(52(11)94)77(106)90(17)63(42-54-29-23-19-24-30-54)75(104)89(16)62(40-50(7)8)76(105)93-46-55(91-35-31-78(79,80)32-36-91)43-58(93)69(98)82-56(71(100)92-33-25-20-26-34-92)44-64(95)83-66(51(9)10)70(99)81-45-65(96)85(59)12/h18-19,21-24,27-30,47-52,55-63,66-67,94H,20,25-26,31-46H2,1-17H3,(H,81,99)(H,82,98)(H,83,95)(H,84,97)/t52-,55-,56+,57+,58+,59+,60+,61+,62+,63+,66+,67+/m1/s1. The normalized spacial score (nSPS) is 27.1. The van der Waals surface area contributed by atoms with Crippen molar-refractivity contribution in [3.8, 4) is 0 Å². The van der Waals surface area contributed by atoms with Gasteiger partial charge in [0.25, 0.3) is 5.92 Å². The van der Waals surface area contributed by atoms with Gasteiger partial charge in [-0.2, -0.15) is 0 Å². The summed E-state index contributed by atoms with van der Waals surface area (Å²) in [6, 6.07) is 2.94. The number of likely N-dealkylation sites (N-methyl/N-ethyl adjacent to an activating group) is 6. The Hall–Kier alpha value is -8.14. The molecule has 106 heavy (non-hydrogen) atoms. The largest absolute Gasteiger partial charge is 0.391 e. The summed E-state index contributed by atoms with van der Waals surface area (Å²) >= 11 is 0. The van der Waals surface area contributed by atoms with Crippen LogP contribution in [0.5, 0.6) is 0 Å². The highest BCUT2D eigenvalue weighted by molar-refractivity contribution is 6.00. The molecule has 4 aliphatic heterocycles. The quantitative estimate of drug-likeness (QED) is 0.156. The molecule has 4 fully saturated rings. The van der Waals surface area contributed by atoms with E-state index in [-0.39, 0.29) is 88.3 Å². The smallest absolute Gasteiger partial charge is 0.250 e. The van der Waals surface area contributed by atoms with Crippen molar-refractivity contribution in [1.82, 2.24) is 65.4 Å². The van der Waals surface area contributed by atoms with E-state index >= 15 is 38.4 Å². The fourth-order valence-electron chi connectivity index (χ4n) is 14.8. The Morgan fingerprint density at radius 1 is 0.491 bits per heavy atom. The van der Waals surface area contributed by atoms with Crippen molar-refractivity contribution in [2.75, 3.05) is 81.6 Å². The SMILES string of the molecule is CC(C)C[C@H]1C(=O)N(C)[C@@H](CC(C)C)C(=O)N(C)[C@@H](CC(C)C)C(=O)N(C)[C@@H](Cc2ccccc2)C(=O)N[C@@H]([C@@H](C)O)C(=O)N(C)[C@@H](Cc2ccccc2)C(=O)N(C)[C@@H](CC(C)C)C(=O)N2C[C@H](N3CCC(F)(F)CC3)C[C@H]2C(=O)N[C@H](C(=O)N2CCCCC2)CC(=O)N[C@@H](C(C)C)C(=O)NCC(=O)N1C. The molecule has 0 saturated carbocycles. The van der Waals surface area contributed by atoms with Crippen LogP contribution in [0, 0.1) is 29.6 Å². The Kier molecular flexibility index (Phi) is 32.0. The summed E-state index contributed by atoms with van der Waals surface area (Å²) in [4.78, 5) is 194. The molecule has 6 rings (SSSR count). The molecule has 0 spiro atoms. The van der Waals surface area contributed by atoms with E-state index in [0.717, 1.165) is 11.3 Å². The Morgan fingerprint density at radius 2 is 0.915 bits per heavy atom. The lowest BCUT2D eigenvalue weighted by Gasteiger charge is -2.40. The summed E-state index contributed by atoms with van der Waals surface area (Å²) in [6.45, 7) is 19.1. The van der Waals surface area contributed by atoms with E-state index < -0.39 is 181 Å². The molecular formula is C78H121F2N13O13. The third kappa shape index (κ3) is 23.2. The van der Waals surface area contributed by atoms with Gasteiger partial charge in [0.1, 0.15) is 60.4 Å². The molecule has 26 nitrogen and oxygen atoms in total. The third-order valence-corrected chi connectivity index (χ3v) is 21.3. The second kappa shape index (κ2) is 39.1. The van der Waals surface area contributed by atoms with Gasteiger partial charge in [0, 0.05) is 107 Å². The molecule has 2 aromatic rings. The molecular weight excluding hydrogens is 1360 g/mol. The van der Waals surface area contributed by atoms with Gasteiger partial charge in [-0.1, -0.05) is 130 Å². The molecule has 4 saturated heterocycles. The molecule has 590 valence electrons. The van der Waals surface area contributed by atoms with Gasteiger partial charge in [-0.15, -0.1) is 0 Å². The van der Waals surface area contributed by atoms with Gasteiger partial charge >= 0.3 is 0 Å². The second-order valence-electron chi connectivity index (χ2n) is 31.9. The average Bonchev–Trinajstić information content (AvgIpc) is 1.47. The number of carbonyl (C=O) groups excluding carboxylic acids is 12. The van der Waals surface area contributed by atoms with Gasteiger partial charge in [0.05, 0.1) is 19.1 Å². The van der Waals surface area contributed by atoms with Gasteiger partial charge in [-0.25, -0.2) is 8.78 Å². The third-order valence-electron chi connectivity index (χ3n) is 21.3. The number of rotatable bonds is 16. The topological polar surface area (TPSA) is 302 Å². The maximum atomic E-state index is 15.9. The molecule has 5 N–H and O–H groups in total. The van der Waals surface area contributed by atoms with E-state index in [0.29, 0.717) is 37.1 Å². The highest BCUT2D eigenvalue weighted by atomic mass is 19.3. The maximum Gasteiger partial charge on any atom is 0.250 e. The number of aliphatic hydroxyl groups is 1. The van der Waals surface area contributed by atoms with Gasteiger partial charge in [0.15, 0.2) is 0 Å². The van der Waals surface area contributed by atoms with Gasteiger partial charge < -0.3 is 65.6 Å². The second-order valence-corrected chi connectivity index (χ2v) is 31.9. The number of aliphatic hydroxyl groups excluding tert-OH is 1.